The van der Waals surface area contributed by atoms with Gasteiger partial charge in [0.1, 0.15) is 6.04 Å². The molecule has 0 saturated heterocycles. The molecule has 0 fully saturated rings. The van der Waals surface area contributed by atoms with E-state index in [1.54, 1.807) is 7.05 Å². The number of hydrogen-bond donors (Lipinski definition) is 2. The Hall–Kier alpha value is -1.34. The van der Waals surface area contributed by atoms with Gasteiger partial charge in [-0.15, -0.1) is 0 Å². The number of amides is 2. The van der Waals surface area contributed by atoms with E-state index in [9.17, 15) is 9.59 Å². The lowest BCUT2D eigenvalue weighted by Crippen LogP contribution is -2.47. The van der Waals surface area contributed by atoms with Crippen molar-refractivity contribution in [3.63, 3.8) is 0 Å². The van der Waals surface area contributed by atoms with Crippen LogP contribution in [0.5, 0.6) is 0 Å². The van der Waals surface area contributed by atoms with Crippen molar-refractivity contribution in [2.75, 3.05) is 47.9 Å². The van der Waals surface area contributed by atoms with Gasteiger partial charge in [-0.25, -0.2) is 9.59 Å². The van der Waals surface area contributed by atoms with Crippen LogP contribution in [0.25, 0.3) is 0 Å². The van der Waals surface area contributed by atoms with E-state index in [1.807, 2.05) is 19.0 Å². The van der Waals surface area contributed by atoms with E-state index < -0.39 is 12.0 Å². The molecule has 2 N–H and O–H groups in total. The van der Waals surface area contributed by atoms with Crippen LogP contribution in [0.4, 0.5) is 4.79 Å². The van der Waals surface area contributed by atoms with Crippen LogP contribution in [0.2, 0.25) is 0 Å². The molecule has 0 saturated carbocycles. The monoisotopic (exact) mass is 275 g/mol. The molecule has 7 nitrogen and oxygen atoms in total. The molecule has 112 valence electrons. The minimum absolute atomic E-state index is 0.253. The summed E-state index contributed by atoms with van der Waals surface area (Å²) < 4.78 is 4.82. The molecule has 0 aliphatic carbocycles. The van der Waals surface area contributed by atoms with Gasteiger partial charge in [0.05, 0.1) is 0 Å². The van der Waals surface area contributed by atoms with Gasteiger partial charge >= 0.3 is 12.0 Å². The third kappa shape index (κ3) is 8.39. The summed E-state index contributed by atoms with van der Waals surface area (Å²) in [5, 5.41) is 11.5. The highest BCUT2D eigenvalue weighted by molar-refractivity contribution is 5.82. The Morgan fingerprint density at radius 3 is 2.37 bits per heavy atom. The maximum atomic E-state index is 11.8. The number of nitrogens with zero attached hydrogens (tertiary/aromatic N) is 2. The van der Waals surface area contributed by atoms with Gasteiger partial charge in [0.2, 0.25) is 0 Å². The molecule has 0 aliphatic heterocycles. The molecule has 1 unspecified atom stereocenters. The molecule has 2 amide bonds. The Balaban J connectivity index is 4.12. The first kappa shape index (κ1) is 17.7. The van der Waals surface area contributed by atoms with Gasteiger partial charge in [-0.2, -0.15) is 0 Å². The summed E-state index contributed by atoms with van der Waals surface area (Å²) in [5.74, 6) is -1.05. The van der Waals surface area contributed by atoms with Crippen LogP contribution < -0.4 is 5.32 Å². The number of ether oxygens (including phenoxy) is 1. The summed E-state index contributed by atoms with van der Waals surface area (Å²) in [6, 6.07) is -1.29. The zero-order chi connectivity index (χ0) is 14.8. The van der Waals surface area contributed by atoms with Crippen molar-refractivity contribution in [2.24, 2.45) is 0 Å². The lowest BCUT2D eigenvalue weighted by molar-refractivity contribution is -0.139. The standard InChI is InChI=1S/C12H25N3O4/c1-14(2)7-5-8-15(3)12(18)13-10(11(16)17)6-9-19-4/h10H,5-9H2,1-4H3,(H,13,18)(H,16,17). The van der Waals surface area contributed by atoms with Gasteiger partial charge in [-0.3, -0.25) is 0 Å². The fourth-order valence-electron chi connectivity index (χ4n) is 1.48. The minimum atomic E-state index is -1.05. The largest absolute Gasteiger partial charge is 0.480 e. The lowest BCUT2D eigenvalue weighted by atomic mass is 10.2. The molecule has 19 heavy (non-hydrogen) atoms. The summed E-state index contributed by atoms with van der Waals surface area (Å²) in [6.45, 7) is 1.76. The summed E-state index contributed by atoms with van der Waals surface area (Å²) in [5.41, 5.74) is 0. The average Bonchev–Trinajstić information content (AvgIpc) is 2.33. The number of carbonyl (C=O) groups is 2. The van der Waals surface area contributed by atoms with Crippen LogP contribution in [-0.4, -0.2) is 80.9 Å². The molecule has 0 heterocycles. The minimum Gasteiger partial charge on any atom is -0.480 e. The van der Waals surface area contributed by atoms with Crippen LogP contribution >= 0.6 is 0 Å². The number of aliphatic carboxylic acids is 1. The second-order valence-corrected chi connectivity index (χ2v) is 4.70. The van der Waals surface area contributed by atoms with E-state index in [-0.39, 0.29) is 12.5 Å². The molecule has 7 heteroatoms. The van der Waals surface area contributed by atoms with Gasteiger partial charge in [-0.1, -0.05) is 0 Å². The van der Waals surface area contributed by atoms with Gasteiger partial charge in [0.25, 0.3) is 0 Å². The Labute approximate surface area is 114 Å². The van der Waals surface area contributed by atoms with Gasteiger partial charge < -0.3 is 25.0 Å². The fraction of sp³-hybridized carbons (Fsp3) is 0.833. The van der Waals surface area contributed by atoms with Crippen molar-refractivity contribution in [2.45, 2.75) is 18.9 Å². The molecule has 0 aromatic carbocycles. The number of carbonyl (C=O) groups excluding carboxylic acids is 1. The first-order chi connectivity index (χ1) is 8.88. The molecular formula is C12H25N3O4. The highest BCUT2D eigenvalue weighted by Gasteiger charge is 2.21. The maximum absolute atomic E-state index is 11.8. The molecule has 0 spiro atoms. The summed E-state index contributed by atoms with van der Waals surface area (Å²) in [7, 11) is 7.07. The smallest absolute Gasteiger partial charge is 0.326 e. The first-order valence-electron chi connectivity index (χ1n) is 6.26. The van der Waals surface area contributed by atoms with Crippen LogP contribution in [0, 0.1) is 0 Å². The molecule has 0 aromatic heterocycles. The second kappa shape index (κ2) is 9.57. The van der Waals surface area contributed by atoms with Gasteiger partial charge in [0, 0.05) is 33.7 Å². The molecule has 0 rings (SSSR count). The number of nitrogens with one attached hydrogen (secondary N) is 1. The van der Waals surface area contributed by atoms with Crippen molar-refractivity contribution in [3.8, 4) is 0 Å². The van der Waals surface area contributed by atoms with Crippen molar-refractivity contribution < 1.29 is 19.4 Å². The van der Waals surface area contributed by atoms with Crippen LogP contribution in [0.1, 0.15) is 12.8 Å². The third-order valence-corrected chi connectivity index (χ3v) is 2.65. The van der Waals surface area contributed by atoms with Crippen molar-refractivity contribution >= 4 is 12.0 Å². The topological polar surface area (TPSA) is 82.1 Å². The molecule has 0 radical (unpaired) electrons. The van der Waals surface area contributed by atoms with E-state index in [4.69, 9.17) is 9.84 Å². The molecule has 0 aromatic rings. The summed E-state index contributed by atoms with van der Waals surface area (Å²) in [4.78, 5) is 26.3. The molecule has 0 aliphatic rings. The Morgan fingerprint density at radius 1 is 1.26 bits per heavy atom. The SMILES string of the molecule is COCCC(NC(=O)N(C)CCCN(C)C)C(=O)O. The number of rotatable bonds is 9. The zero-order valence-electron chi connectivity index (χ0n) is 12.2. The summed E-state index contributed by atoms with van der Waals surface area (Å²) in [6.07, 6.45) is 1.09. The third-order valence-electron chi connectivity index (χ3n) is 2.65. The van der Waals surface area contributed by atoms with E-state index in [0.29, 0.717) is 13.2 Å². The number of carboxylic acids is 1. The predicted octanol–water partition coefficient (Wildman–Crippen LogP) is 0.0692. The second-order valence-electron chi connectivity index (χ2n) is 4.70. The Kier molecular flexibility index (Phi) is 8.90. The molecular weight excluding hydrogens is 250 g/mol. The highest BCUT2D eigenvalue weighted by atomic mass is 16.5. The predicted molar refractivity (Wildman–Crippen MR) is 72.2 cm³/mol. The van der Waals surface area contributed by atoms with Crippen molar-refractivity contribution in [1.29, 1.82) is 0 Å². The average molecular weight is 275 g/mol. The van der Waals surface area contributed by atoms with E-state index >= 15 is 0 Å². The van der Waals surface area contributed by atoms with E-state index in [0.717, 1.165) is 13.0 Å². The van der Waals surface area contributed by atoms with Crippen LogP contribution in [0.15, 0.2) is 0 Å². The first-order valence-corrected chi connectivity index (χ1v) is 6.26. The highest BCUT2D eigenvalue weighted by Crippen LogP contribution is 1.97. The van der Waals surface area contributed by atoms with Crippen LogP contribution in [0.3, 0.4) is 0 Å². The lowest BCUT2D eigenvalue weighted by Gasteiger charge is -2.22. The maximum Gasteiger partial charge on any atom is 0.326 e. The number of carboxylic acid groups (broad SMARTS) is 1. The molecule has 0 bridgehead atoms. The van der Waals surface area contributed by atoms with Crippen molar-refractivity contribution in [3.05, 3.63) is 0 Å². The summed E-state index contributed by atoms with van der Waals surface area (Å²) >= 11 is 0. The number of urea groups is 1. The number of methoxy groups -OCH3 is 1. The van der Waals surface area contributed by atoms with E-state index in [2.05, 4.69) is 5.32 Å². The fourth-order valence-corrected chi connectivity index (χ4v) is 1.48. The van der Waals surface area contributed by atoms with E-state index in [1.165, 1.54) is 12.0 Å². The van der Waals surface area contributed by atoms with Gasteiger partial charge in [0.15, 0.2) is 0 Å². The molecule has 1 atom stereocenters. The quantitative estimate of drug-likeness (QED) is 0.622. The number of hydrogen-bond acceptors (Lipinski definition) is 4. The Morgan fingerprint density at radius 2 is 1.89 bits per heavy atom. The normalized spacial score (nSPS) is 12.3. The van der Waals surface area contributed by atoms with Crippen LogP contribution in [-0.2, 0) is 9.53 Å². The zero-order valence-corrected chi connectivity index (χ0v) is 12.2. The Bertz CT molecular complexity index is 284. The van der Waals surface area contributed by atoms with Crippen molar-refractivity contribution in [1.82, 2.24) is 15.1 Å². The van der Waals surface area contributed by atoms with Gasteiger partial charge in [-0.05, 0) is 27.1 Å².